The summed E-state index contributed by atoms with van der Waals surface area (Å²) in [5.74, 6) is 2.25. The third kappa shape index (κ3) is 8.40. The molecule has 0 bridgehead atoms. The number of aliphatic imine (C=N–C) groups is 1. The Morgan fingerprint density at radius 2 is 1.81 bits per heavy atom. The number of likely N-dealkylation sites (N-methyl/N-ethyl adjacent to an activating group) is 1. The van der Waals surface area contributed by atoms with Gasteiger partial charge < -0.3 is 20.3 Å². The zero-order valence-corrected chi connectivity index (χ0v) is 20.7. The highest BCUT2D eigenvalue weighted by Gasteiger charge is 2.22. The van der Waals surface area contributed by atoms with Crippen LogP contribution in [-0.2, 0) is 17.9 Å². The molecule has 2 N–H and O–H groups in total. The fraction of sp³-hybridized carbons (Fsp3) is 0.417. The molecule has 1 amide bonds. The quantitative estimate of drug-likeness (QED) is 0.276. The first-order valence-corrected chi connectivity index (χ1v) is 10.7. The lowest BCUT2D eigenvalue weighted by Crippen LogP contribution is -2.44. The van der Waals surface area contributed by atoms with Gasteiger partial charge in [-0.05, 0) is 37.3 Å². The highest BCUT2D eigenvalue weighted by atomic mass is 127. The predicted octanol–water partition coefficient (Wildman–Crippen LogP) is 3.81. The Hall–Kier alpha value is -2.29. The fourth-order valence-electron chi connectivity index (χ4n) is 3.13. The lowest BCUT2D eigenvalue weighted by molar-refractivity contribution is -0.130. The minimum absolute atomic E-state index is 0. The van der Waals surface area contributed by atoms with E-state index in [9.17, 15) is 4.79 Å². The molecule has 168 valence electrons. The predicted molar refractivity (Wildman–Crippen MR) is 136 cm³/mol. The van der Waals surface area contributed by atoms with Gasteiger partial charge in [-0.2, -0.15) is 0 Å². The van der Waals surface area contributed by atoms with E-state index in [1.165, 1.54) is 12.8 Å². The van der Waals surface area contributed by atoms with Crippen molar-refractivity contribution < 1.29 is 9.53 Å². The van der Waals surface area contributed by atoms with E-state index in [-0.39, 0.29) is 36.4 Å². The molecular weight excluding hydrogens is 503 g/mol. The molecule has 2 aromatic rings. The summed E-state index contributed by atoms with van der Waals surface area (Å²) >= 11 is 0. The molecule has 0 aliphatic heterocycles. The van der Waals surface area contributed by atoms with Crippen LogP contribution in [0.2, 0.25) is 0 Å². The average molecular weight is 536 g/mol. The van der Waals surface area contributed by atoms with E-state index in [1.807, 2.05) is 66.4 Å². The summed E-state index contributed by atoms with van der Waals surface area (Å²) in [5.41, 5.74) is 2.20. The van der Waals surface area contributed by atoms with Crippen LogP contribution < -0.4 is 15.4 Å². The smallest absolute Gasteiger partial charge is 0.242 e. The standard InChI is InChI=1S/C24H32N4O2.HI/c1-3-28(17-19-9-5-4-6-10-19)23(29)16-27-24(25-2)26-15-21-11-7-8-12-22(21)30-18-20-13-14-20;/h4-12,20H,3,13-18H2,1-2H3,(H2,25,26,27);1H. The van der Waals surface area contributed by atoms with Crippen LogP contribution in [0.25, 0.3) is 0 Å². The molecule has 6 nitrogen and oxygen atoms in total. The molecule has 0 atom stereocenters. The third-order valence-corrected chi connectivity index (χ3v) is 5.17. The maximum Gasteiger partial charge on any atom is 0.242 e. The zero-order chi connectivity index (χ0) is 21.2. The van der Waals surface area contributed by atoms with Crippen LogP contribution in [0.15, 0.2) is 59.6 Å². The third-order valence-electron chi connectivity index (χ3n) is 5.17. The van der Waals surface area contributed by atoms with Crippen molar-refractivity contribution in [1.29, 1.82) is 0 Å². The van der Waals surface area contributed by atoms with Gasteiger partial charge in [-0.25, -0.2) is 0 Å². The molecule has 0 unspecified atom stereocenters. The van der Waals surface area contributed by atoms with Crippen molar-refractivity contribution in [3.63, 3.8) is 0 Å². The highest BCUT2D eigenvalue weighted by Crippen LogP contribution is 2.30. The van der Waals surface area contributed by atoms with Crippen LogP contribution >= 0.6 is 24.0 Å². The van der Waals surface area contributed by atoms with Gasteiger partial charge in [0, 0.05) is 32.2 Å². The lowest BCUT2D eigenvalue weighted by Gasteiger charge is -2.22. The topological polar surface area (TPSA) is 66.0 Å². The van der Waals surface area contributed by atoms with Crippen LogP contribution in [0.5, 0.6) is 5.75 Å². The number of hydrogen-bond acceptors (Lipinski definition) is 3. The number of halogens is 1. The number of guanidine groups is 1. The number of rotatable bonds is 10. The number of ether oxygens (including phenoxy) is 1. The van der Waals surface area contributed by atoms with Gasteiger partial charge in [-0.1, -0.05) is 48.5 Å². The molecule has 1 aliphatic carbocycles. The van der Waals surface area contributed by atoms with E-state index in [0.29, 0.717) is 31.5 Å². The molecule has 3 rings (SSSR count). The van der Waals surface area contributed by atoms with Crippen LogP contribution in [0, 0.1) is 5.92 Å². The van der Waals surface area contributed by atoms with Gasteiger partial charge in [-0.15, -0.1) is 24.0 Å². The Labute approximate surface area is 202 Å². The van der Waals surface area contributed by atoms with E-state index in [0.717, 1.165) is 23.5 Å². The Bertz CT molecular complexity index is 840. The first-order chi connectivity index (χ1) is 14.7. The number of carbonyl (C=O) groups excluding carboxylic acids is 1. The second kappa shape index (κ2) is 13.2. The van der Waals surface area contributed by atoms with E-state index in [1.54, 1.807) is 7.05 Å². The average Bonchev–Trinajstić information content (AvgIpc) is 3.62. The zero-order valence-electron chi connectivity index (χ0n) is 18.3. The summed E-state index contributed by atoms with van der Waals surface area (Å²) < 4.78 is 5.97. The molecule has 1 saturated carbocycles. The Kier molecular flexibility index (Phi) is 10.6. The van der Waals surface area contributed by atoms with E-state index < -0.39 is 0 Å². The summed E-state index contributed by atoms with van der Waals surface area (Å²) in [6.07, 6.45) is 2.54. The number of nitrogens with one attached hydrogen (secondary N) is 2. The molecule has 0 aromatic heterocycles. The van der Waals surface area contributed by atoms with Gasteiger partial charge in [0.25, 0.3) is 0 Å². The Balaban J connectivity index is 0.00000341. The summed E-state index contributed by atoms with van der Waals surface area (Å²) in [5, 5.41) is 6.41. The highest BCUT2D eigenvalue weighted by molar-refractivity contribution is 14.0. The number of para-hydroxylation sites is 1. The van der Waals surface area contributed by atoms with Gasteiger partial charge in [0.1, 0.15) is 5.75 Å². The second-order valence-corrected chi connectivity index (χ2v) is 7.53. The molecule has 1 fully saturated rings. The van der Waals surface area contributed by atoms with Crippen molar-refractivity contribution in [2.45, 2.75) is 32.9 Å². The van der Waals surface area contributed by atoms with Crippen molar-refractivity contribution in [2.75, 3.05) is 26.7 Å². The lowest BCUT2D eigenvalue weighted by atomic mass is 10.2. The summed E-state index contributed by atoms with van der Waals surface area (Å²) in [7, 11) is 1.71. The number of amides is 1. The van der Waals surface area contributed by atoms with Gasteiger partial charge >= 0.3 is 0 Å². The van der Waals surface area contributed by atoms with Gasteiger partial charge in [0.05, 0.1) is 13.2 Å². The number of hydrogen-bond donors (Lipinski definition) is 2. The summed E-state index contributed by atoms with van der Waals surface area (Å²) in [6, 6.07) is 18.1. The molecule has 2 aromatic carbocycles. The van der Waals surface area contributed by atoms with Crippen LogP contribution in [0.4, 0.5) is 0 Å². The number of benzene rings is 2. The van der Waals surface area contributed by atoms with Gasteiger partial charge in [0.15, 0.2) is 5.96 Å². The largest absolute Gasteiger partial charge is 0.493 e. The van der Waals surface area contributed by atoms with Gasteiger partial charge in [0.2, 0.25) is 5.91 Å². The summed E-state index contributed by atoms with van der Waals surface area (Å²) in [6.45, 7) is 4.82. The maximum absolute atomic E-state index is 12.6. The SMILES string of the molecule is CCN(Cc1ccccc1)C(=O)CNC(=NC)NCc1ccccc1OCC1CC1.I. The molecule has 7 heteroatoms. The van der Waals surface area contributed by atoms with Crippen molar-refractivity contribution in [1.82, 2.24) is 15.5 Å². The Morgan fingerprint density at radius 3 is 2.48 bits per heavy atom. The number of carbonyl (C=O) groups is 1. The normalized spacial score (nSPS) is 13.2. The van der Waals surface area contributed by atoms with Crippen LogP contribution in [0.3, 0.4) is 0 Å². The van der Waals surface area contributed by atoms with Crippen molar-refractivity contribution in [3.8, 4) is 5.75 Å². The minimum atomic E-state index is 0. The first-order valence-electron chi connectivity index (χ1n) is 10.7. The summed E-state index contributed by atoms with van der Waals surface area (Å²) in [4.78, 5) is 18.7. The minimum Gasteiger partial charge on any atom is -0.493 e. The monoisotopic (exact) mass is 536 g/mol. The second-order valence-electron chi connectivity index (χ2n) is 7.53. The maximum atomic E-state index is 12.6. The molecule has 0 spiro atoms. The van der Waals surface area contributed by atoms with Crippen LogP contribution in [0.1, 0.15) is 30.9 Å². The molecule has 0 saturated heterocycles. The van der Waals surface area contributed by atoms with Crippen molar-refractivity contribution >= 4 is 35.8 Å². The van der Waals surface area contributed by atoms with Crippen LogP contribution in [-0.4, -0.2) is 43.5 Å². The van der Waals surface area contributed by atoms with Crippen molar-refractivity contribution in [2.24, 2.45) is 10.9 Å². The molecule has 0 radical (unpaired) electrons. The van der Waals surface area contributed by atoms with E-state index in [4.69, 9.17) is 4.74 Å². The molecule has 1 aliphatic rings. The van der Waals surface area contributed by atoms with Crippen molar-refractivity contribution in [3.05, 3.63) is 65.7 Å². The van der Waals surface area contributed by atoms with Gasteiger partial charge in [-0.3, -0.25) is 9.79 Å². The molecule has 0 heterocycles. The molecule has 31 heavy (non-hydrogen) atoms. The Morgan fingerprint density at radius 1 is 1.10 bits per heavy atom. The fourth-order valence-corrected chi connectivity index (χ4v) is 3.13. The number of nitrogens with zero attached hydrogens (tertiary/aromatic N) is 2. The van der Waals surface area contributed by atoms with E-state index >= 15 is 0 Å². The molecular formula is C24H33IN4O2. The first kappa shape index (κ1) is 25.0. The van der Waals surface area contributed by atoms with E-state index in [2.05, 4.69) is 15.6 Å².